The number of rotatable bonds is 5. The number of carbonyl (C=O) groups is 2. The van der Waals surface area contributed by atoms with E-state index in [2.05, 4.69) is 22.1 Å². The fraction of sp³-hybridized carbons (Fsp3) is 0.500. The molecule has 1 saturated heterocycles. The SMILES string of the molecule is CCCN1CCN(C(=O)c2cc(NC(=O)C(C)C)cc3nc(C)ccc23)CC1. The molecular formula is C22H30N4O2. The Balaban J connectivity index is 1.92. The standard InChI is InChI=1S/C22H30N4O2/c1-5-8-25-9-11-26(12-10-25)22(28)19-13-17(24-21(27)15(2)3)14-20-18(19)7-6-16(4)23-20/h6-7,13-15H,5,8-12H2,1-4H3,(H,24,27). The van der Waals surface area contributed by atoms with Crippen LogP contribution in [0.15, 0.2) is 24.3 Å². The number of aryl methyl sites for hydroxylation is 1. The second kappa shape index (κ2) is 8.69. The number of aromatic nitrogens is 1. The lowest BCUT2D eigenvalue weighted by atomic mass is 10.0. The van der Waals surface area contributed by atoms with E-state index in [4.69, 9.17) is 0 Å². The molecule has 2 heterocycles. The van der Waals surface area contributed by atoms with Crippen molar-refractivity contribution in [3.05, 3.63) is 35.5 Å². The van der Waals surface area contributed by atoms with Gasteiger partial charge in [0.2, 0.25) is 5.91 Å². The largest absolute Gasteiger partial charge is 0.336 e. The van der Waals surface area contributed by atoms with Gasteiger partial charge in [-0.25, -0.2) is 0 Å². The first-order valence-corrected chi connectivity index (χ1v) is 10.1. The summed E-state index contributed by atoms with van der Waals surface area (Å²) in [7, 11) is 0. The fourth-order valence-corrected chi connectivity index (χ4v) is 3.53. The monoisotopic (exact) mass is 382 g/mol. The van der Waals surface area contributed by atoms with Crippen LogP contribution < -0.4 is 5.32 Å². The van der Waals surface area contributed by atoms with Gasteiger partial charge >= 0.3 is 0 Å². The highest BCUT2D eigenvalue weighted by molar-refractivity contribution is 6.08. The number of nitrogens with zero attached hydrogens (tertiary/aromatic N) is 3. The highest BCUT2D eigenvalue weighted by atomic mass is 16.2. The smallest absolute Gasteiger partial charge is 0.254 e. The Hall–Kier alpha value is -2.47. The first-order valence-electron chi connectivity index (χ1n) is 10.1. The van der Waals surface area contributed by atoms with Gasteiger partial charge in [-0.05, 0) is 38.1 Å². The third-order valence-electron chi connectivity index (χ3n) is 5.17. The Morgan fingerprint density at radius 3 is 2.50 bits per heavy atom. The van der Waals surface area contributed by atoms with Crippen LogP contribution in [-0.4, -0.2) is 59.3 Å². The van der Waals surface area contributed by atoms with E-state index in [0.717, 1.165) is 55.7 Å². The summed E-state index contributed by atoms with van der Waals surface area (Å²) in [5.41, 5.74) is 2.84. The first kappa shape index (κ1) is 20.3. The maximum Gasteiger partial charge on any atom is 0.254 e. The van der Waals surface area contributed by atoms with E-state index in [1.54, 1.807) is 6.07 Å². The summed E-state index contributed by atoms with van der Waals surface area (Å²) in [5.74, 6) is -0.196. The van der Waals surface area contributed by atoms with Gasteiger partial charge < -0.3 is 10.2 Å². The lowest BCUT2D eigenvalue weighted by Crippen LogP contribution is -2.48. The molecule has 0 aliphatic carbocycles. The van der Waals surface area contributed by atoms with Gasteiger partial charge in [-0.3, -0.25) is 19.5 Å². The van der Waals surface area contributed by atoms with Crippen LogP contribution in [0.3, 0.4) is 0 Å². The van der Waals surface area contributed by atoms with Crippen molar-refractivity contribution < 1.29 is 9.59 Å². The summed E-state index contributed by atoms with van der Waals surface area (Å²) in [6.45, 7) is 12.1. The van der Waals surface area contributed by atoms with Gasteiger partial charge in [0.25, 0.3) is 5.91 Å². The van der Waals surface area contributed by atoms with Crippen molar-refractivity contribution in [1.82, 2.24) is 14.8 Å². The molecule has 28 heavy (non-hydrogen) atoms. The van der Waals surface area contributed by atoms with Crippen molar-refractivity contribution in [2.75, 3.05) is 38.0 Å². The maximum atomic E-state index is 13.3. The molecule has 0 radical (unpaired) electrons. The van der Waals surface area contributed by atoms with E-state index < -0.39 is 0 Å². The minimum Gasteiger partial charge on any atom is -0.336 e. The molecule has 1 fully saturated rings. The molecule has 1 aromatic heterocycles. The average Bonchev–Trinajstić information content (AvgIpc) is 2.67. The average molecular weight is 383 g/mol. The van der Waals surface area contributed by atoms with Gasteiger partial charge in [0, 0.05) is 48.9 Å². The van der Waals surface area contributed by atoms with Crippen molar-refractivity contribution in [3.63, 3.8) is 0 Å². The first-order chi connectivity index (χ1) is 13.4. The van der Waals surface area contributed by atoms with E-state index in [1.807, 2.05) is 43.9 Å². The zero-order valence-electron chi connectivity index (χ0n) is 17.3. The van der Waals surface area contributed by atoms with Crippen LogP contribution in [0.1, 0.15) is 43.2 Å². The molecule has 3 rings (SSSR count). The van der Waals surface area contributed by atoms with E-state index >= 15 is 0 Å². The molecule has 2 aromatic rings. The molecule has 150 valence electrons. The van der Waals surface area contributed by atoms with Crippen LogP contribution in [0.25, 0.3) is 10.9 Å². The summed E-state index contributed by atoms with van der Waals surface area (Å²) in [5, 5.41) is 3.74. The van der Waals surface area contributed by atoms with Crippen molar-refractivity contribution in [1.29, 1.82) is 0 Å². The van der Waals surface area contributed by atoms with Crippen LogP contribution in [0.4, 0.5) is 5.69 Å². The van der Waals surface area contributed by atoms with Crippen LogP contribution in [-0.2, 0) is 4.79 Å². The molecular weight excluding hydrogens is 352 g/mol. The Morgan fingerprint density at radius 1 is 1.14 bits per heavy atom. The Labute approximate surface area is 166 Å². The maximum absolute atomic E-state index is 13.3. The number of nitrogens with one attached hydrogen (secondary N) is 1. The van der Waals surface area contributed by atoms with Gasteiger partial charge in [0.15, 0.2) is 0 Å². The summed E-state index contributed by atoms with van der Waals surface area (Å²) < 4.78 is 0. The van der Waals surface area contributed by atoms with Crippen LogP contribution >= 0.6 is 0 Å². The van der Waals surface area contributed by atoms with Crippen molar-refractivity contribution in [3.8, 4) is 0 Å². The van der Waals surface area contributed by atoms with Gasteiger partial charge in [0.05, 0.1) is 11.1 Å². The number of anilines is 1. The molecule has 1 aromatic carbocycles. The number of hydrogen-bond donors (Lipinski definition) is 1. The summed E-state index contributed by atoms with van der Waals surface area (Å²) >= 11 is 0. The quantitative estimate of drug-likeness (QED) is 0.862. The van der Waals surface area contributed by atoms with Gasteiger partial charge in [-0.15, -0.1) is 0 Å². The second-order valence-electron chi connectivity index (χ2n) is 7.82. The Morgan fingerprint density at radius 2 is 1.86 bits per heavy atom. The molecule has 0 saturated carbocycles. The predicted molar refractivity (Wildman–Crippen MR) is 113 cm³/mol. The predicted octanol–water partition coefficient (Wildman–Crippen LogP) is 3.31. The number of benzene rings is 1. The molecule has 1 aliphatic rings. The van der Waals surface area contributed by atoms with Gasteiger partial charge in [0.1, 0.15) is 0 Å². The zero-order valence-corrected chi connectivity index (χ0v) is 17.3. The molecule has 6 nitrogen and oxygen atoms in total. The van der Waals surface area contributed by atoms with E-state index in [9.17, 15) is 9.59 Å². The third-order valence-corrected chi connectivity index (χ3v) is 5.17. The number of carbonyl (C=O) groups excluding carboxylic acids is 2. The molecule has 0 atom stereocenters. The summed E-state index contributed by atoms with van der Waals surface area (Å²) in [6.07, 6.45) is 1.13. The highest BCUT2D eigenvalue weighted by Crippen LogP contribution is 2.25. The topological polar surface area (TPSA) is 65.5 Å². The number of pyridine rings is 1. The van der Waals surface area contributed by atoms with Crippen molar-refractivity contribution in [2.24, 2.45) is 5.92 Å². The van der Waals surface area contributed by atoms with Crippen LogP contribution in [0.2, 0.25) is 0 Å². The molecule has 0 unspecified atom stereocenters. The second-order valence-corrected chi connectivity index (χ2v) is 7.82. The lowest BCUT2D eigenvalue weighted by Gasteiger charge is -2.34. The van der Waals surface area contributed by atoms with E-state index in [1.165, 1.54) is 0 Å². The van der Waals surface area contributed by atoms with E-state index in [0.29, 0.717) is 11.3 Å². The number of piperazine rings is 1. The Kier molecular flexibility index (Phi) is 6.29. The van der Waals surface area contributed by atoms with Crippen LogP contribution in [0, 0.1) is 12.8 Å². The Bertz CT molecular complexity index is 870. The summed E-state index contributed by atoms with van der Waals surface area (Å²) in [6, 6.07) is 7.51. The number of fused-ring (bicyclic) bond motifs is 1. The molecule has 2 amide bonds. The minimum absolute atomic E-state index is 0.00690. The molecule has 0 bridgehead atoms. The van der Waals surface area contributed by atoms with Crippen LogP contribution in [0.5, 0.6) is 0 Å². The van der Waals surface area contributed by atoms with Gasteiger partial charge in [-0.1, -0.05) is 26.8 Å². The fourth-order valence-electron chi connectivity index (χ4n) is 3.53. The van der Waals surface area contributed by atoms with Crippen molar-refractivity contribution in [2.45, 2.75) is 34.1 Å². The number of hydrogen-bond acceptors (Lipinski definition) is 4. The zero-order chi connectivity index (χ0) is 20.3. The highest BCUT2D eigenvalue weighted by Gasteiger charge is 2.24. The molecule has 0 spiro atoms. The van der Waals surface area contributed by atoms with Gasteiger partial charge in [-0.2, -0.15) is 0 Å². The lowest BCUT2D eigenvalue weighted by molar-refractivity contribution is -0.118. The molecule has 1 aliphatic heterocycles. The minimum atomic E-state index is -0.132. The van der Waals surface area contributed by atoms with Crippen molar-refractivity contribution >= 4 is 28.4 Å². The molecule has 6 heteroatoms. The van der Waals surface area contributed by atoms with E-state index in [-0.39, 0.29) is 17.7 Å². The molecule has 1 N–H and O–H groups in total. The third kappa shape index (κ3) is 4.50. The summed E-state index contributed by atoms with van der Waals surface area (Å²) in [4.78, 5) is 34.4. The normalized spacial score (nSPS) is 15.2. The number of amides is 2.